The standard InChI is InChI=1S/C18H21ClN2O/c19-16-9-3-1-6-14(16)7-5-12-21-18(20)11-13-22-17-10-4-2-8-15(17)18/h1-4,6,8-10,21H,5,7,11-13,20H2/t18-/m1/s1. The van der Waals surface area contributed by atoms with Gasteiger partial charge in [0, 0.05) is 17.0 Å². The average Bonchev–Trinajstić information content (AvgIpc) is 2.54. The molecule has 22 heavy (non-hydrogen) atoms. The monoisotopic (exact) mass is 316 g/mol. The molecule has 3 nitrogen and oxygen atoms in total. The van der Waals surface area contributed by atoms with Crippen LogP contribution >= 0.6 is 11.6 Å². The number of halogens is 1. The molecule has 3 N–H and O–H groups in total. The Morgan fingerprint density at radius 2 is 1.91 bits per heavy atom. The summed E-state index contributed by atoms with van der Waals surface area (Å²) in [4.78, 5) is 0. The molecule has 0 amide bonds. The lowest BCUT2D eigenvalue weighted by Gasteiger charge is -2.36. The summed E-state index contributed by atoms with van der Waals surface area (Å²) >= 11 is 6.18. The zero-order valence-corrected chi connectivity index (χ0v) is 13.3. The molecule has 1 aliphatic heterocycles. The maximum atomic E-state index is 6.56. The summed E-state index contributed by atoms with van der Waals surface area (Å²) in [5.41, 5.74) is 8.28. The van der Waals surface area contributed by atoms with Crippen LogP contribution in [-0.2, 0) is 12.1 Å². The normalized spacial score (nSPS) is 20.3. The lowest BCUT2D eigenvalue weighted by molar-refractivity contribution is 0.188. The third-order valence-electron chi connectivity index (χ3n) is 4.14. The van der Waals surface area contributed by atoms with Crippen LogP contribution in [0.25, 0.3) is 0 Å². The molecule has 0 fully saturated rings. The van der Waals surface area contributed by atoms with E-state index >= 15 is 0 Å². The molecule has 0 unspecified atom stereocenters. The zero-order chi connectivity index (χ0) is 15.4. The number of rotatable bonds is 5. The van der Waals surface area contributed by atoms with E-state index < -0.39 is 5.66 Å². The fourth-order valence-electron chi connectivity index (χ4n) is 2.89. The minimum absolute atomic E-state index is 0.505. The summed E-state index contributed by atoms with van der Waals surface area (Å²) in [6, 6.07) is 16.0. The fraction of sp³-hybridized carbons (Fsp3) is 0.333. The number of hydrogen-bond donors (Lipinski definition) is 2. The predicted molar refractivity (Wildman–Crippen MR) is 90.2 cm³/mol. The Labute approximate surface area is 136 Å². The highest BCUT2D eigenvalue weighted by molar-refractivity contribution is 6.31. The SMILES string of the molecule is N[C@@]1(NCCCc2ccccc2Cl)CCOc2ccccc21. The molecule has 0 bridgehead atoms. The van der Waals surface area contributed by atoms with Crippen molar-refractivity contribution in [1.82, 2.24) is 5.32 Å². The Morgan fingerprint density at radius 3 is 2.77 bits per heavy atom. The third kappa shape index (κ3) is 3.27. The topological polar surface area (TPSA) is 47.3 Å². The first-order valence-corrected chi connectivity index (χ1v) is 8.06. The van der Waals surface area contributed by atoms with E-state index in [0.29, 0.717) is 6.61 Å². The molecule has 3 rings (SSSR count). The molecular formula is C18H21ClN2O. The van der Waals surface area contributed by atoms with Gasteiger partial charge in [0.1, 0.15) is 5.75 Å². The highest BCUT2D eigenvalue weighted by atomic mass is 35.5. The first kappa shape index (κ1) is 15.3. The molecule has 1 atom stereocenters. The van der Waals surface area contributed by atoms with Crippen LogP contribution in [0.1, 0.15) is 24.0 Å². The van der Waals surface area contributed by atoms with Gasteiger partial charge < -0.3 is 10.5 Å². The van der Waals surface area contributed by atoms with Gasteiger partial charge in [-0.2, -0.15) is 0 Å². The Balaban J connectivity index is 1.59. The molecule has 116 valence electrons. The number of nitrogens with one attached hydrogen (secondary N) is 1. The van der Waals surface area contributed by atoms with Crippen molar-refractivity contribution >= 4 is 11.6 Å². The second-order valence-corrected chi connectivity index (χ2v) is 6.09. The van der Waals surface area contributed by atoms with E-state index in [1.54, 1.807) is 0 Å². The molecule has 0 aliphatic carbocycles. The second kappa shape index (κ2) is 6.69. The summed E-state index contributed by atoms with van der Waals surface area (Å²) in [5.74, 6) is 0.884. The molecule has 2 aromatic rings. The van der Waals surface area contributed by atoms with E-state index in [2.05, 4.69) is 11.4 Å². The van der Waals surface area contributed by atoms with Gasteiger partial charge in [-0.3, -0.25) is 5.32 Å². The highest BCUT2D eigenvalue weighted by Crippen LogP contribution is 2.33. The molecule has 0 aromatic heterocycles. The summed E-state index contributed by atoms with van der Waals surface area (Å²) in [6.45, 7) is 1.49. The molecule has 1 heterocycles. The second-order valence-electron chi connectivity index (χ2n) is 5.69. The van der Waals surface area contributed by atoms with E-state index in [1.165, 1.54) is 5.56 Å². The Kier molecular flexibility index (Phi) is 4.67. The lowest BCUT2D eigenvalue weighted by Crippen LogP contribution is -2.53. The van der Waals surface area contributed by atoms with Crippen LogP contribution in [0.4, 0.5) is 0 Å². The van der Waals surface area contributed by atoms with Crippen molar-refractivity contribution < 1.29 is 4.74 Å². The van der Waals surface area contributed by atoms with Crippen molar-refractivity contribution in [1.29, 1.82) is 0 Å². The van der Waals surface area contributed by atoms with Crippen molar-refractivity contribution in [2.24, 2.45) is 5.73 Å². The van der Waals surface area contributed by atoms with Gasteiger partial charge >= 0.3 is 0 Å². The number of ether oxygens (including phenoxy) is 1. The van der Waals surface area contributed by atoms with Gasteiger partial charge in [-0.05, 0) is 37.1 Å². The first-order chi connectivity index (χ1) is 10.7. The quantitative estimate of drug-likeness (QED) is 0.656. The van der Waals surface area contributed by atoms with E-state index in [0.717, 1.165) is 42.1 Å². The molecule has 1 aliphatic rings. The molecule has 0 radical (unpaired) electrons. The minimum Gasteiger partial charge on any atom is -0.493 e. The van der Waals surface area contributed by atoms with Crippen molar-refractivity contribution in [3.05, 3.63) is 64.7 Å². The van der Waals surface area contributed by atoms with E-state index in [9.17, 15) is 0 Å². The van der Waals surface area contributed by atoms with Gasteiger partial charge in [0.2, 0.25) is 0 Å². The third-order valence-corrected chi connectivity index (χ3v) is 4.51. The van der Waals surface area contributed by atoms with Crippen molar-refractivity contribution in [3.8, 4) is 5.75 Å². The number of benzene rings is 2. The van der Waals surface area contributed by atoms with Crippen LogP contribution in [0.5, 0.6) is 5.75 Å². The molecule has 2 aromatic carbocycles. The molecular weight excluding hydrogens is 296 g/mol. The first-order valence-electron chi connectivity index (χ1n) is 7.69. The predicted octanol–water partition coefficient (Wildman–Crippen LogP) is 3.46. The zero-order valence-electron chi connectivity index (χ0n) is 12.5. The largest absolute Gasteiger partial charge is 0.493 e. The van der Waals surface area contributed by atoms with Gasteiger partial charge in [-0.25, -0.2) is 0 Å². The van der Waals surface area contributed by atoms with Gasteiger partial charge in [0.05, 0.1) is 12.3 Å². The molecule has 0 saturated carbocycles. The average molecular weight is 317 g/mol. The van der Waals surface area contributed by atoms with Gasteiger partial charge in [-0.15, -0.1) is 0 Å². The van der Waals surface area contributed by atoms with Crippen molar-refractivity contribution in [2.75, 3.05) is 13.2 Å². The van der Waals surface area contributed by atoms with Crippen molar-refractivity contribution in [3.63, 3.8) is 0 Å². The van der Waals surface area contributed by atoms with Crippen LogP contribution < -0.4 is 15.8 Å². The lowest BCUT2D eigenvalue weighted by atomic mass is 9.93. The number of aryl methyl sites for hydroxylation is 1. The Morgan fingerprint density at radius 1 is 1.14 bits per heavy atom. The Bertz CT molecular complexity index is 646. The van der Waals surface area contributed by atoms with Gasteiger partial charge in [-0.1, -0.05) is 48.0 Å². The number of hydrogen-bond acceptors (Lipinski definition) is 3. The maximum Gasteiger partial charge on any atom is 0.125 e. The van der Waals surface area contributed by atoms with Gasteiger partial charge in [0.15, 0.2) is 0 Å². The number of fused-ring (bicyclic) bond motifs is 1. The van der Waals surface area contributed by atoms with E-state index in [1.807, 2.05) is 42.5 Å². The van der Waals surface area contributed by atoms with Crippen LogP contribution in [0.2, 0.25) is 5.02 Å². The molecule has 4 heteroatoms. The number of para-hydroxylation sites is 1. The van der Waals surface area contributed by atoms with Crippen LogP contribution in [0.15, 0.2) is 48.5 Å². The van der Waals surface area contributed by atoms with E-state index in [-0.39, 0.29) is 0 Å². The maximum absolute atomic E-state index is 6.56. The Hall–Kier alpha value is -1.55. The minimum atomic E-state index is -0.505. The fourth-order valence-corrected chi connectivity index (χ4v) is 3.12. The van der Waals surface area contributed by atoms with Crippen LogP contribution in [0, 0.1) is 0 Å². The van der Waals surface area contributed by atoms with Crippen LogP contribution in [-0.4, -0.2) is 13.2 Å². The summed E-state index contributed by atoms with van der Waals surface area (Å²) in [6.07, 6.45) is 2.71. The van der Waals surface area contributed by atoms with Crippen LogP contribution in [0.3, 0.4) is 0 Å². The molecule has 0 saturated heterocycles. The summed E-state index contributed by atoms with van der Waals surface area (Å²) < 4.78 is 5.67. The van der Waals surface area contributed by atoms with E-state index in [4.69, 9.17) is 22.1 Å². The van der Waals surface area contributed by atoms with Gasteiger partial charge in [0.25, 0.3) is 0 Å². The highest BCUT2D eigenvalue weighted by Gasteiger charge is 2.32. The molecule has 0 spiro atoms. The summed E-state index contributed by atoms with van der Waals surface area (Å²) in [5, 5.41) is 4.33. The number of nitrogens with two attached hydrogens (primary N) is 1. The summed E-state index contributed by atoms with van der Waals surface area (Å²) in [7, 11) is 0. The van der Waals surface area contributed by atoms with Crippen molar-refractivity contribution in [2.45, 2.75) is 24.9 Å². The smallest absolute Gasteiger partial charge is 0.125 e.